The molecule has 0 saturated carbocycles. The maximum atomic E-state index is 10.9. The van der Waals surface area contributed by atoms with E-state index >= 15 is 0 Å². The molecule has 0 unspecified atom stereocenters. The van der Waals surface area contributed by atoms with Crippen molar-refractivity contribution in [3.63, 3.8) is 0 Å². The zero-order valence-electron chi connectivity index (χ0n) is 7.77. The number of amides is 1. The monoisotopic (exact) mass is 185 g/mol. The van der Waals surface area contributed by atoms with Crippen LogP contribution in [0.25, 0.3) is 0 Å². The van der Waals surface area contributed by atoms with Crippen LogP contribution in [0, 0.1) is 11.5 Å². The molecule has 0 aliphatic carbocycles. The van der Waals surface area contributed by atoms with E-state index in [1.54, 1.807) is 0 Å². The van der Waals surface area contributed by atoms with Gasteiger partial charge in [-0.15, -0.1) is 5.54 Å². The molecule has 0 aliphatic rings. The summed E-state index contributed by atoms with van der Waals surface area (Å²) in [6.07, 6.45) is 0. The zero-order valence-corrected chi connectivity index (χ0v) is 8.77. The molecule has 12 heavy (non-hydrogen) atoms. The van der Waals surface area contributed by atoms with Crippen molar-refractivity contribution in [2.45, 2.75) is 19.6 Å². The molecule has 0 fully saturated rings. The van der Waals surface area contributed by atoms with Gasteiger partial charge in [-0.3, -0.25) is 4.79 Å². The van der Waals surface area contributed by atoms with Gasteiger partial charge in [0.05, 0.1) is 6.61 Å². The van der Waals surface area contributed by atoms with E-state index in [0.29, 0.717) is 0 Å². The van der Waals surface area contributed by atoms with Crippen LogP contribution >= 0.6 is 0 Å². The Labute approximate surface area is 74.2 Å². The van der Waals surface area contributed by atoms with Crippen LogP contribution in [0.3, 0.4) is 0 Å². The molecule has 0 atom stereocenters. The number of carbonyl (C=O) groups is 1. The SMILES string of the molecule is C[Si](C)(C)C#CC(=O)NCCO. The van der Waals surface area contributed by atoms with E-state index < -0.39 is 8.07 Å². The van der Waals surface area contributed by atoms with Gasteiger partial charge in [-0.25, -0.2) is 0 Å². The Morgan fingerprint density at radius 2 is 2.08 bits per heavy atom. The summed E-state index contributed by atoms with van der Waals surface area (Å²) < 4.78 is 0. The molecule has 0 rings (SSSR count). The van der Waals surface area contributed by atoms with E-state index in [-0.39, 0.29) is 19.1 Å². The fourth-order valence-corrected chi connectivity index (χ4v) is 0.946. The van der Waals surface area contributed by atoms with E-state index in [2.05, 4.69) is 36.4 Å². The summed E-state index contributed by atoms with van der Waals surface area (Å²) in [5.41, 5.74) is 2.93. The summed E-state index contributed by atoms with van der Waals surface area (Å²) in [7, 11) is -1.44. The molecule has 68 valence electrons. The number of aliphatic hydroxyl groups is 1. The van der Waals surface area contributed by atoms with Crippen LogP contribution in [-0.2, 0) is 4.79 Å². The number of hydrogen-bond donors (Lipinski definition) is 2. The van der Waals surface area contributed by atoms with Crippen LogP contribution in [-0.4, -0.2) is 32.2 Å². The highest BCUT2D eigenvalue weighted by molar-refractivity contribution is 6.84. The molecule has 0 aromatic carbocycles. The van der Waals surface area contributed by atoms with E-state index in [4.69, 9.17) is 5.11 Å². The van der Waals surface area contributed by atoms with Gasteiger partial charge in [0.15, 0.2) is 0 Å². The Morgan fingerprint density at radius 3 is 2.50 bits per heavy atom. The molecule has 0 bridgehead atoms. The van der Waals surface area contributed by atoms with Crippen molar-refractivity contribution in [3.8, 4) is 11.5 Å². The zero-order chi connectivity index (χ0) is 9.61. The van der Waals surface area contributed by atoms with Crippen LogP contribution in [0.1, 0.15) is 0 Å². The van der Waals surface area contributed by atoms with Gasteiger partial charge in [0.25, 0.3) is 5.91 Å². The van der Waals surface area contributed by atoms with Crippen LogP contribution in [0.15, 0.2) is 0 Å². The van der Waals surface area contributed by atoms with Crippen molar-refractivity contribution in [2.24, 2.45) is 0 Å². The van der Waals surface area contributed by atoms with Crippen molar-refractivity contribution in [3.05, 3.63) is 0 Å². The van der Waals surface area contributed by atoms with E-state index in [0.717, 1.165) is 0 Å². The molecule has 0 aromatic rings. The predicted octanol–water partition coefficient (Wildman–Crippen LogP) is -0.0243. The minimum absolute atomic E-state index is 0.0413. The van der Waals surface area contributed by atoms with E-state index in [1.165, 1.54) is 0 Å². The molecule has 0 radical (unpaired) electrons. The molecule has 0 aliphatic heterocycles. The second kappa shape index (κ2) is 4.96. The Balaban J connectivity index is 3.88. The average Bonchev–Trinajstić information content (AvgIpc) is 1.95. The Hall–Kier alpha value is -0.793. The van der Waals surface area contributed by atoms with Gasteiger partial charge in [-0.1, -0.05) is 19.6 Å². The van der Waals surface area contributed by atoms with E-state index in [9.17, 15) is 4.79 Å². The lowest BCUT2D eigenvalue weighted by molar-refractivity contribution is -0.115. The number of nitrogens with one attached hydrogen (secondary N) is 1. The second-order valence-electron chi connectivity index (χ2n) is 3.48. The third-order valence-corrected chi connectivity index (χ3v) is 1.82. The maximum absolute atomic E-state index is 10.9. The average molecular weight is 185 g/mol. The van der Waals surface area contributed by atoms with Crippen LogP contribution in [0.4, 0.5) is 0 Å². The van der Waals surface area contributed by atoms with Gasteiger partial charge < -0.3 is 10.4 Å². The van der Waals surface area contributed by atoms with Crippen LogP contribution in [0.2, 0.25) is 19.6 Å². The largest absolute Gasteiger partial charge is 0.395 e. The highest BCUT2D eigenvalue weighted by Gasteiger charge is 2.08. The molecule has 0 aromatic heterocycles. The summed E-state index contributed by atoms with van der Waals surface area (Å²) in [6, 6.07) is 0. The van der Waals surface area contributed by atoms with Gasteiger partial charge in [0.2, 0.25) is 0 Å². The van der Waals surface area contributed by atoms with Gasteiger partial charge in [-0.05, 0) is 5.92 Å². The second-order valence-corrected chi connectivity index (χ2v) is 8.23. The quantitative estimate of drug-likeness (QED) is 0.469. The first kappa shape index (κ1) is 11.2. The molecule has 0 heterocycles. The Bertz CT molecular complexity index is 209. The van der Waals surface area contributed by atoms with Crippen LogP contribution in [0.5, 0.6) is 0 Å². The van der Waals surface area contributed by atoms with Crippen molar-refractivity contribution in [1.29, 1.82) is 0 Å². The first-order valence-corrected chi connectivity index (χ1v) is 7.37. The summed E-state index contributed by atoms with van der Waals surface area (Å²) in [4.78, 5) is 10.9. The molecule has 0 spiro atoms. The first-order valence-electron chi connectivity index (χ1n) is 3.87. The van der Waals surface area contributed by atoms with Crippen molar-refractivity contribution >= 4 is 14.0 Å². The maximum Gasteiger partial charge on any atom is 0.295 e. The summed E-state index contributed by atoms with van der Waals surface area (Å²) in [5, 5.41) is 10.9. The van der Waals surface area contributed by atoms with Crippen LogP contribution < -0.4 is 5.32 Å². The third-order valence-electron chi connectivity index (χ3n) is 0.948. The van der Waals surface area contributed by atoms with Crippen molar-refractivity contribution in [1.82, 2.24) is 5.32 Å². The van der Waals surface area contributed by atoms with Gasteiger partial charge in [0.1, 0.15) is 8.07 Å². The fraction of sp³-hybridized carbons (Fsp3) is 0.625. The number of carbonyl (C=O) groups excluding carboxylic acids is 1. The molecular formula is C8H15NO2Si. The fourth-order valence-electron chi connectivity index (χ4n) is 0.458. The number of hydrogen-bond acceptors (Lipinski definition) is 2. The highest BCUT2D eigenvalue weighted by atomic mass is 28.3. The van der Waals surface area contributed by atoms with Gasteiger partial charge in [-0.2, -0.15) is 0 Å². The Kier molecular flexibility index (Phi) is 4.63. The van der Waals surface area contributed by atoms with E-state index in [1.807, 2.05) is 0 Å². The Morgan fingerprint density at radius 1 is 1.50 bits per heavy atom. The standard InChI is InChI=1S/C8H15NO2Si/c1-12(2,3)7-4-8(11)9-5-6-10/h10H,5-6H2,1-3H3,(H,9,11). The lowest BCUT2D eigenvalue weighted by atomic mass is 10.6. The van der Waals surface area contributed by atoms with Gasteiger partial charge in [0, 0.05) is 6.54 Å². The smallest absolute Gasteiger partial charge is 0.295 e. The minimum Gasteiger partial charge on any atom is -0.395 e. The molecular weight excluding hydrogens is 170 g/mol. The number of rotatable bonds is 2. The summed E-state index contributed by atoms with van der Waals surface area (Å²) in [5.74, 6) is 2.21. The molecule has 0 saturated heterocycles. The minimum atomic E-state index is -1.44. The first-order chi connectivity index (χ1) is 5.45. The third kappa shape index (κ3) is 7.32. The molecule has 2 N–H and O–H groups in total. The van der Waals surface area contributed by atoms with Gasteiger partial charge >= 0.3 is 0 Å². The lowest BCUT2D eigenvalue weighted by Crippen LogP contribution is -2.26. The summed E-state index contributed by atoms with van der Waals surface area (Å²) in [6.45, 7) is 6.44. The molecule has 3 nitrogen and oxygen atoms in total. The summed E-state index contributed by atoms with van der Waals surface area (Å²) >= 11 is 0. The molecule has 1 amide bonds. The van der Waals surface area contributed by atoms with Crippen molar-refractivity contribution in [2.75, 3.05) is 13.2 Å². The highest BCUT2D eigenvalue weighted by Crippen LogP contribution is 1.95. The predicted molar refractivity (Wildman–Crippen MR) is 51.2 cm³/mol. The van der Waals surface area contributed by atoms with Crippen molar-refractivity contribution < 1.29 is 9.90 Å². The molecule has 4 heteroatoms. The topological polar surface area (TPSA) is 49.3 Å². The lowest BCUT2D eigenvalue weighted by Gasteiger charge is -2.03. The normalized spacial score (nSPS) is 10.0. The number of aliphatic hydroxyl groups excluding tert-OH is 1.